The average Bonchev–Trinajstić information content (AvgIpc) is 2.34. The van der Waals surface area contributed by atoms with Gasteiger partial charge in [0.1, 0.15) is 5.75 Å². The van der Waals surface area contributed by atoms with Gasteiger partial charge in [-0.25, -0.2) is 0 Å². The summed E-state index contributed by atoms with van der Waals surface area (Å²) < 4.78 is 5.26. The van der Waals surface area contributed by atoms with Crippen LogP contribution in [0, 0.1) is 5.92 Å². The molecule has 94 valence electrons. The summed E-state index contributed by atoms with van der Waals surface area (Å²) in [4.78, 5) is 10.8. The first kappa shape index (κ1) is 13.5. The molecule has 0 saturated carbocycles. The van der Waals surface area contributed by atoms with Crippen molar-refractivity contribution in [2.75, 3.05) is 20.2 Å². The molecule has 0 aliphatic carbocycles. The van der Waals surface area contributed by atoms with Gasteiger partial charge in [-0.1, -0.05) is 25.1 Å². The van der Waals surface area contributed by atoms with E-state index < -0.39 is 0 Å². The average molecular weight is 236 g/mol. The number of hydrogen-bond donors (Lipinski definition) is 2. The molecule has 1 rings (SSSR count). The number of ether oxygens (including phenoxy) is 1. The summed E-state index contributed by atoms with van der Waals surface area (Å²) >= 11 is 0. The van der Waals surface area contributed by atoms with Crippen LogP contribution in [0.4, 0.5) is 0 Å². The van der Waals surface area contributed by atoms with Crippen LogP contribution in [0.2, 0.25) is 0 Å². The van der Waals surface area contributed by atoms with Crippen LogP contribution in [-0.2, 0) is 11.2 Å². The molecular formula is C13H20N2O2. The summed E-state index contributed by atoms with van der Waals surface area (Å²) in [6.45, 7) is 3.24. The Balaban J connectivity index is 2.33. The lowest BCUT2D eigenvalue weighted by Crippen LogP contribution is -2.31. The third kappa shape index (κ3) is 4.44. The number of nitrogens with two attached hydrogens (primary N) is 1. The summed E-state index contributed by atoms with van der Waals surface area (Å²) in [6, 6.07) is 7.92. The maximum atomic E-state index is 10.8. The van der Waals surface area contributed by atoms with Crippen molar-refractivity contribution in [3.8, 4) is 5.75 Å². The fourth-order valence-electron chi connectivity index (χ4n) is 1.55. The van der Waals surface area contributed by atoms with E-state index in [9.17, 15) is 4.79 Å². The van der Waals surface area contributed by atoms with E-state index in [1.807, 2.05) is 31.2 Å². The molecule has 1 unspecified atom stereocenters. The monoisotopic (exact) mass is 236 g/mol. The zero-order valence-electron chi connectivity index (χ0n) is 10.4. The van der Waals surface area contributed by atoms with Gasteiger partial charge in [0.05, 0.1) is 7.11 Å². The smallest absolute Gasteiger partial charge is 0.221 e. The molecule has 0 saturated heterocycles. The van der Waals surface area contributed by atoms with Gasteiger partial charge in [0.2, 0.25) is 5.91 Å². The predicted molar refractivity (Wildman–Crippen MR) is 67.9 cm³/mol. The molecule has 0 heterocycles. The standard InChI is InChI=1S/C13H20N2O2/c1-10(13(14)16)9-15-8-7-11-5-3-4-6-12(11)17-2/h3-6,10,15H,7-9H2,1-2H3,(H2,14,16). The highest BCUT2D eigenvalue weighted by atomic mass is 16.5. The number of primary amides is 1. The number of carbonyl (C=O) groups is 1. The molecule has 0 aliphatic heterocycles. The van der Waals surface area contributed by atoms with Crippen LogP contribution in [0.15, 0.2) is 24.3 Å². The van der Waals surface area contributed by atoms with Gasteiger partial charge < -0.3 is 15.8 Å². The van der Waals surface area contributed by atoms with Gasteiger partial charge >= 0.3 is 0 Å². The lowest BCUT2D eigenvalue weighted by atomic mass is 10.1. The molecule has 4 heteroatoms. The van der Waals surface area contributed by atoms with Crippen molar-refractivity contribution < 1.29 is 9.53 Å². The number of rotatable bonds is 7. The molecule has 0 aliphatic rings. The second kappa shape index (κ2) is 6.91. The van der Waals surface area contributed by atoms with Crippen molar-refractivity contribution in [1.29, 1.82) is 0 Å². The molecular weight excluding hydrogens is 216 g/mol. The number of hydrogen-bond acceptors (Lipinski definition) is 3. The van der Waals surface area contributed by atoms with Gasteiger partial charge in [-0.3, -0.25) is 4.79 Å². The first-order chi connectivity index (χ1) is 8.15. The summed E-state index contributed by atoms with van der Waals surface area (Å²) in [5.41, 5.74) is 6.34. The van der Waals surface area contributed by atoms with E-state index in [0.29, 0.717) is 6.54 Å². The van der Waals surface area contributed by atoms with Crippen molar-refractivity contribution in [2.45, 2.75) is 13.3 Å². The largest absolute Gasteiger partial charge is 0.496 e. The SMILES string of the molecule is COc1ccccc1CCNCC(C)C(N)=O. The molecule has 1 atom stereocenters. The molecule has 1 aromatic carbocycles. The van der Waals surface area contributed by atoms with Crippen LogP contribution in [0.5, 0.6) is 5.75 Å². The highest BCUT2D eigenvalue weighted by molar-refractivity contribution is 5.76. The fraction of sp³-hybridized carbons (Fsp3) is 0.462. The molecule has 17 heavy (non-hydrogen) atoms. The summed E-state index contributed by atoms with van der Waals surface area (Å²) in [5.74, 6) is 0.500. The number of carbonyl (C=O) groups excluding carboxylic acids is 1. The molecule has 1 amide bonds. The van der Waals surface area contributed by atoms with Crippen LogP contribution in [0.3, 0.4) is 0 Å². The van der Waals surface area contributed by atoms with Crippen molar-refractivity contribution >= 4 is 5.91 Å². The second-order valence-electron chi connectivity index (χ2n) is 4.07. The van der Waals surface area contributed by atoms with Gasteiger partial charge in [-0.2, -0.15) is 0 Å². The first-order valence-electron chi connectivity index (χ1n) is 5.77. The number of nitrogens with one attached hydrogen (secondary N) is 1. The van der Waals surface area contributed by atoms with Gasteiger partial charge in [0.15, 0.2) is 0 Å². The van der Waals surface area contributed by atoms with Crippen molar-refractivity contribution in [1.82, 2.24) is 5.32 Å². The Hall–Kier alpha value is -1.55. The van der Waals surface area contributed by atoms with Crippen LogP contribution in [0.1, 0.15) is 12.5 Å². The van der Waals surface area contributed by atoms with E-state index in [1.165, 1.54) is 0 Å². The number of benzene rings is 1. The Labute approximate surface area is 102 Å². The zero-order chi connectivity index (χ0) is 12.7. The van der Waals surface area contributed by atoms with E-state index >= 15 is 0 Å². The van der Waals surface area contributed by atoms with Crippen molar-refractivity contribution in [2.24, 2.45) is 11.7 Å². The highest BCUT2D eigenvalue weighted by Crippen LogP contribution is 2.17. The van der Waals surface area contributed by atoms with E-state index in [1.54, 1.807) is 7.11 Å². The van der Waals surface area contributed by atoms with Crippen molar-refractivity contribution in [3.63, 3.8) is 0 Å². The van der Waals surface area contributed by atoms with Crippen LogP contribution < -0.4 is 15.8 Å². The van der Waals surface area contributed by atoms with Crippen molar-refractivity contribution in [3.05, 3.63) is 29.8 Å². The van der Waals surface area contributed by atoms with Gasteiger partial charge in [0, 0.05) is 12.5 Å². The molecule has 0 radical (unpaired) electrons. The minimum absolute atomic E-state index is 0.132. The van der Waals surface area contributed by atoms with Crippen LogP contribution in [-0.4, -0.2) is 26.1 Å². The Morgan fingerprint density at radius 3 is 2.82 bits per heavy atom. The number of amides is 1. The van der Waals surface area contributed by atoms with Crippen LogP contribution in [0.25, 0.3) is 0 Å². The van der Waals surface area contributed by atoms with Gasteiger partial charge in [-0.05, 0) is 24.6 Å². The molecule has 4 nitrogen and oxygen atoms in total. The molecule has 1 aromatic rings. The van der Waals surface area contributed by atoms with E-state index in [2.05, 4.69) is 5.32 Å². The topological polar surface area (TPSA) is 64.3 Å². The first-order valence-corrected chi connectivity index (χ1v) is 5.77. The molecule has 0 bridgehead atoms. The third-order valence-electron chi connectivity index (χ3n) is 2.70. The minimum Gasteiger partial charge on any atom is -0.496 e. The zero-order valence-corrected chi connectivity index (χ0v) is 10.4. The third-order valence-corrected chi connectivity index (χ3v) is 2.70. The Kier molecular flexibility index (Phi) is 5.49. The van der Waals surface area contributed by atoms with Gasteiger partial charge in [0.25, 0.3) is 0 Å². The summed E-state index contributed by atoms with van der Waals surface area (Å²) in [7, 11) is 1.67. The Morgan fingerprint density at radius 1 is 1.47 bits per heavy atom. The van der Waals surface area contributed by atoms with Gasteiger partial charge in [-0.15, -0.1) is 0 Å². The van der Waals surface area contributed by atoms with E-state index in [-0.39, 0.29) is 11.8 Å². The lowest BCUT2D eigenvalue weighted by molar-refractivity contribution is -0.121. The summed E-state index contributed by atoms with van der Waals surface area (Å²) in [5, 5.41) is 3.21. The molecule has 0 spiro atoms. The highest BCUT2D eigenvalue weighted by Gasteiger charge is 2.07. The Morgan fingerprint density at radius 2 is 2.18 bits per heavy atom. The maximum absolute atomic E-state index is 10.8. The van der Waals surface area contributed by atoms with E-state index in [4.69, 9.17) is 10.5 Å². The molecule has 0 aromatic heterocycles. The quantitative estimate of drug-likeness (QED) is 0.693. The second-order valence-corrected chi connectivity index (χ2v) is 4.07. The summed E-state index contributed by atoms with van der Waals surface area (Å²) in [6.07, 6.45) is 0.871. The fourth-order valence-corrected chi connectivity index (χ4v) is 1.55. The maximum Gasteiger partial charge on any atom is 0.221 e. The Bertz CT molecular complexity index is 366. The van der Waals surface area contributed by atoms with Crippen LogP contribution >= 0.6 is 0 Å². The predicted octanol–water partition coefficient (Wildman–Crippen LogP) is 0.949. The van der Waals surface area contributed by atoms with E-state index in [0.717, 1.165) is 24.3 Å². The minimum atomic E-state index is -0.269. The number of methoxy groups -OCH3 is 1. The normalized spacial score (nSPS) is 12.1. The lowest BCUT2D eigenvalue weighted by Gasteiger charge is -2.10. The molecule has 3 N–H and O–H groups in total. The number of para-hydroxylation sites is 1. The molecule has 0 fully saturated rings.